The Kier molecular flexibility index (Phi) is 9.49. The van der Waals surface area contributed by atoms with Crippen LogP contribution in [-0.4, -0.2) is 70.1 Å². The summed E-state index contributed by atoms with van der Waals surface area (Å²) in [6, 6.07) is 7.50. The van der Waals surface area contributed by atoms with E-state index in [1.165, 1.54) is 23.1 Å². The summed E-state index contributed by atoms with van der Waals surface area (Å²) in [5.74, 6) is -0.0568. The van der Waals surface area contributed by atoms with Crippen molar-refractivity contribution in [1.82, 2.24) is 19.8 Å². The summed E-state index contributed by atoms with van der Waals surface area (Å²) in [5.41, 5.74) is 8.99. The first-order valence-electron chi connectivity index (χ1n) is 14.1. The molecule has 11 heteroatoms. The Labute approximate surface area is 256 Å². The Morgan fingerprint density at radius 1 is 1.26 bits per heavy atom. The molecule has 3 aromatic rings. The number of nitrogens with two attached hydrogens (primary N) is 1. The predicted molar refractivity (Wildman–Crippen MR) is 170 cm³/mol. The second-order valence-corrected chi connectivity index (χ2v) is 11.4. The fourth-order valence-corrected chi connectivity index (χ4v) is 5.98. The van der Waals surface area contributed by atoms with Gasteiger partial charge in [-0.2, -0.15) is 0 Å². The van der Waals surface area contributed by atoms with Gasteiger partial charge in [0.15, 0.2) is 5.82 Å². The average Bonchev–Trinajstić information content (AvgIpc) is 2.96. The van der Waals surface area contributed by atoms with E-state index in [1.54, 1.807) is 30.3 Å². The van der Waals surface area contributed by atoms with Gasteiger partial charge in [-0.05, 0) is 62.6 Å². The second-order valence-electron chi connectivity index (χ2n) is 11.0. The highest BCUT2D eigenvalue weighted by molar-refractivity contribution is 6.34. The molecule has 0 aliphatic carbocycles. The molecule has 0 spiro atoms. The molecule has 2 aromatic heterocycles. The van der Waals surface area contributed by atoms with Gasteiger partial charge >= 0.3 is 0 Å². The zero-order valence-corrected chi connectivity index (χ0v) is 26.1. The van der Waals surface area contributed by atoms with Crippen molar-refractivity contribution in [2.24, 2.45) is 4.99 Å². The molecule has 1 fully saturated rings. The first-order valence-corrected chi connectivity index (χ1v) is 14.4. The van der Waals surface area contributed by atoms with Crippen LogP contribution in [0.3, 0.4) is 0 Å². The lowest BCUT2D eigenvalue weighted by atomic mass is 10.0. The van der Waals surface area contributed by atoms with E-state index < -0.39 is 5.82 Å². The zero-order valence-electron chi connectivity index (χ0n) is 25.3. The number of halogens is 2. The van der Waals surface area contributed by atoms with E-state index in [4.69, 9.17) is 22.3 Å². The van der Waals surface area contributed by atoms with Gasteiger partial charge in [0.05, 0.1) is 33.2 Å². The van der Waals surface area contributed by atoms with Crippen LogP contribution in [0.25, 0.3) is 11.3 Å². The first kappa shape index (κ1) is 31.6. The lowest BCUT2D eigenvalue weighted by Crippen LogP contribution is -2.59. The Morgan fingerprint density at radius 2 is 1.93 bits per heavy atom. The van der Waals surface area contributed by atoms with Crippen molar-refractivity contribution in [3.63, 3.8) is 0 Å². The largest absolute Gasteiger partial charge is 0.398 e. The van der Waals surface area contributed by atoms with Gasteiger partial charge in [0.2, 0.25) is 12.3 Å². The fraction of sp³-hybridized carbons (Fsp3) is 0.344. The third-order valence-electron chi connectivity index (χ3n) is 7.62. The molecule has 1 saturated heterocycles. The molecule has 9 nitrogen and oxygen atoms in total. The highest BCUT2D eigenvalue weighted by Crippen LogP contribution is 2.40. The van der Waals surface area contributed by atoms with Gasteiger partial charge in [0.1, 0.15) is 11.7 Å². The molecular weight excluding hydrogens is 569 g/mol. The van der Waals surface area contributed by atoms with Crippen LogP contribution in [0.4, 0.5) is 21.6 Å². The summed E-state index contributed by atoms with van der Waals surface area (Å²) in [5, 5.41) is 0.135. The van der Waals surface area contributed by atoms with Crippen molar-refractivity contribution in [2.45, 2.75) is 52.6 Å². The van der Waals surface area contributed by atoms with Gasteiger partial charge in [-0.25, -0.2) is 9.37 Å². The number of aryl methyl sites for hydroxylation is 1. The summed E-state index contributed by atoms with van der Waals surface area (Å²) in [6.45, 7) is 14.3. The standard InChI is InChI=1S/C32H37ClFN7O2/c1-8-26(43)39-15-20(5)41(21(6)16-39)31(36-7)22-14-23(33)29(27-24(34)10-9-11-25(27)35)38-32(22)40(17-42)30-19(4)12-13-37-28(30)18(2)3/h8-14,17-18,20-21H,1,15-16,35H2,2-7H3/b36-31+/t20-,21?/m0/s1. The molecule has 1 unspecified atom stereocenters. The SMILES string of the molecule is C=CC(=O)N1CC(C)N(/C(=N/C)c2cc(Cl)c(-c3c(N)cccc3F)nc2N(C=O)c2c(C)ccnc2C(C)C)[C@@H](C)C1. The highest BCUT2D eigenvalue weighted by Gasteiger charge is 2.36. The van der Waals surface area contributed by atoms with Crippen LogP contribution >= 0.6 is 11.6 Å². The number of anilines is 3. The minimum atomic E-state index is -0.596. The monoisotopic (exact) mass is 605 g/mol. The number of rotatable bonds is 7. The molecule has 4 rings (SSSR count). The summed E-state index contributed by atoms with van der Waals surface area (Å²) in [6.07, 6.45) is 3.68. The number of hydrogen-bond donors (Lipinski definition) is 1. The number of carbonyl (C=O) groups is 2. The lowest BCUT2D eigenvalue weighted by Gasteiger charge is -2.46. The summed E-state index contributed by atoms with van der Waals surface area (Å²) < 4.78 is 15.2. The van der Waals surface area contributed by atoms with Gasteiger partial charge in [-0.3, -0.25) is 24.5 Å². The number of carbonyl (C=O) groups excluding carboxylic acids is 2. The molecular formula is C32H37ClFN7O2. The molecule has 2 N–H and O–H groups in total. The van der Waals surface area contributed by atoms with Crippen LogP contribution in [-0.2, 0) is 9.59 Å². The summed E-state index contributed by atoms with van der Waals surface area (Å²) in [4.78, 5) is 44.8. The average molecular weight is 606 g/mol. The van der Waals surface area contributed by atoms with E-state index in [9.17, 15) is 9.59 Å². The number of amidine groups is 1. The van der Waals surface area contributed by atoms with Crippen LogP contribution < -0.4 is 10.6 Å². The van der Waals surface area contributed by atoms with Crippen LogP contribution in [0.1, 0.15) is 50.4 Å². The molecule has 0 bridgehead atoms. The Morgan fingerprint density at radius 3 is 2.49 bits per heavy atom. The molecule has 1 aliphatic rings. The summed E-state index contributed by atoms with van der Waals surface area (Å²) >= 11 is 6.84. The van der Waals surface area contributed by atoms with Gasteiger partial charge in [0, 0.05) is 44.1 Å². The number of amides is 2. The smallest absolute Gasteiger partial charge is 0.246 e. The molecule has 3 heterocycles. The number of piperazine rings is 1. The summed E-state index contributed by atoms with van der Waals surface area (Å²) in [7, 11) is 1.65. The molecule has 226 valence electrons. The maximum Gasteiger partial charge on any atom is 0.246 e. The third kappa shape index (κ3) is 5.97. The number of hydrogen-bond acceptors (Lipinski definition) is 6. The van der Waals surface area contributed by atoms with E-state index in [-0.39, 0.29) is 51.7 Å². The minimum absolute atomic E-state index is 0.0235. The number of aliphatic imine (C=N–C) groups is 1. The van der Waals surface area contributed by atoms with Crippen molar-refractivity contribution in [3.8, 4) is 11.3 Å². The van der Waals surface area contributed by atoms with Crippen LogP contribution in [0.15, 0.2) is 54.2 Å². The first-order chi connectivity index (χ1) is 20.4. The second kappa shape index (κ2) is 12.9. The van der Waals surface area contributed by atoms with Crippen molar-refractivity contribution in [1.29, 1.82) is 0 Å². The van der Waals surface area contributed by atoms with Crippen molar-refractivity contribution >= 4 is 46.9 Å². The molecule has 1 aliphatic heterocycles. The van der Waals surface area contributed by atoms with Gasteiger partial charge < -0.3 is 15.5 Å². The molecule has 0 radical (unpaired) electrons. The van der Waals surface area contributed by atoms with E-state index >= 15 is 4.39 Å². The fourth-order valence-electron chi connectivity index (χ4n) is 5.73. The van der Waals surface area contributed by atoms with E-state index in [1.807, 2.05) is 40.7 Å². The van der Waals surface area contributed by atoms with Crippen molar-refractivity contribution < 1.29 is 14.0 Å². The maximum atomic E-state index is 15.2. The predicted octanol–water partition coefficient (Wildman–Crippen LogP) is 5.73. The molecule has 0 saturated carbocycles. The number of nitrogen functional groups attached to an aromatic ring is 1. The highest BCUT2D eigenvalue weighted by atomic mass is 35.5. The number of nitrogens with zero attached hydrogens (tertiary/aromatic N) is 6. The maximum absolute atomic E-state index is 15.2. The van der Waals surface area contributed by atoms with Crippen LogP contribution in [0.2, 0.25) is 5.02 Å². The lowest BCUT2D eigenvalue weighted by molar-refractivity contribution is -0.129. The molecule has 2 atom stereocenters. The number of benzene rings is 1. The van der Waals surface area contributed by atoms with E-state index in [0.29, 0.717) is 42.3 Å². The molecule has 2 amide bonds. The van der Waals surface area contributed by atoms with Crippen molar-refractivity contribution in [2.75, 3.05) is 30.8 Å². The molecule has 43 heavy (non-hydrogen) atoms. The number of pyridine rings is 2. The van der Waals surface area contributed by atoms with Gasteiger partial charge in [-0.1, -0.05) is 38.1 Å². The van der Waals surface area contributed by atoms with Crippen molar-refractivity contribution in [3.05, 3.63) is 76.8 Å². The zero-order chi connectivity index (χ0) is 31.6. The quantitative estimate of drug-likeness (QED) is 0.121. The van der Waals surface area contributed by atoms with Crippen LogP contribution in [0, 0.1) is 12.7 Å². The Bertz CT molecular complexity index is 1560. The van der Waals surface area contributed by atoms with E-state index in [0.717, 1.165) is 5.56 Å². The Hall–Kier alpha value is -4.31. The topological polar surface area (TPSA) is 108 Å². The minimum Gasteiger partial charge on any atom is -0.398 e. The normalized spacial score (nSPS) is 17.3. The third-order valence-corrected chi connectivity index (χ3v) is 7.90. The van der Waals surface area contributed by atoms with Gasteiger partial charge in [0.25, 0.3) is 0 Å². The Balaban J connectivity index is 2.01. The van der Waals surface area contributed by atoms with Crippen LogP contribution in [0.5, 0.6) is 0 Å². The van der Waals surface area contributed by atoms with Gasteiger partial charge in [-0.15, -0.1) is 0 Å². The van der Waals surface area contributed by atoms with E-state index in [2.05, 4.69) is 21.5 Å². The molecule has 1 aromatic carbocycles. The number of aromatic nitrogens is 2.